The molecule has 9 heteroatoms. The second-order valence-corrected chi connectivity index (χ2v) is 8.39. The van der Waals surface area contributed by atoms with Gasteiger partial charge in [-0.05, 0) is 60.5 Å². The Bertz CT molecular complexity index is 1010. The zero-order valence-corrected chi connectivity index (χ0v) is 15.7. The van der Waals surface area contributed by atoms with Crippen molar-refractivity contribution in [1.82, 2.24) is 14.5 Å². The van der Waals surface area contributed by atoms with Gasteiger partial charge >= 0.3 is 0 Å². The van der Waals surface area contributed by atoms with Gasteiger partial charge in [-0.1, -0.05) is 0 Å². The van der Waals surface area contributed by atoms with Gasteiger partial charge in [0.05, 0.1) is 11.7 Å². The third-order valence-electron chi connectivity index (χ3n) is 3.92. The minimum atomic E-state index is -4.22. The number of halogens is 2. The highest BCUT2D eigenvalue weighted by atomic mass is 32.2. The Morgan fingerprint density at radius 2 is 2.00 bits per heavy atom. The third kappa shape index (κ3) is 3.84. The zero-order valence-electron chi connectivity index (χ0n) is 14.1. The number of hydrogen-bond donors (Lipinski definition) is 1. The molecule has 0 aliphatic carbocycles. The van der Waals surface area contributed by atoms with E-state index in [4.69, 9.17) is 0 Å². The van der Waals surface area contributed by atoms with Gasteiger partial charge in [-0.25, -0.2) is 21.9 Å². The molecule has 0 radical (unpaired) electrons. The molecular weight excluding hydrogens is 380 g/mol. The second kappa shape index (κ2) is 7.26. The van der Waals surface area contributed by atoms with E-state index in [0.29, 0.717) is 6.07 Å². The van der Waals surface area contributed by atoms with Crippen LogP contribution in [0.2, 0.25) is 0 Å². The first-order valence-corrected chi connectivity index (χ1v) is 10.2. The highest BCUT2D eigenvalue weighted by molar-refractivity contribution is 7.89. The molecule has 3 rings (SSSR count). The Labute approximate surface area is 154 Å². The SMILES string of the molecule is Cc1cc(C)n([C@@H](CNS(=O)(=O)c2cc(F)ccc2F)c2ccsc2)n1. The number of sulfonamides is 1. The van der Waals surface area contributed by atoms with Crippen LogP contribution in [-0.4, -0.2) is 24.7 Å². The van der Waals surface area contributed by atoms with Gasteiger partial charge in [0.15, 0.2) is 0 Å². The predicted octanol–water partition coefficient (Wildman–Crippen LogP) is 3.41. The van der Waals surface area contributed by atoms with Crippen LogP contribution < -0.4 is 4.72 Å². The van der Waals surface area contributed by atoms with E-state index in [9.17, 15) is 17.2 Å². The first kappa shape index (κ1) is 18.7. The summed E-state index contributed by atoms with van der Waals surface area (Å²) >= 11 is 1.48. The van der Waals surface area contributed by atoms with E-state index >= 15 is 0 Å². The molecule has 0 amide bonds. The molecule has 5 nitrogen and oxygen atoms in total. The summed E-state index contributed by atoms with van der Waals surface area (Å²) < 4.78 is 56.2. The quantitative estimate of drug-likeness (QED) is 0.693. The summed E-state index contributed by atoms with van der Waals surface area (Å²) in [6.07, 6.45) is 0. The molecular formula is C17H17F2N3O2S2. The Morgan fingerprint density at radius 3 is 2.62 bits per heavy atom. The van der Waals surface area contributed by atoms with Crippen molar-refractivity contribution in [2.75, 3.05) is 6.54 Å². The standard InChI is InChI=1S/C17H17F2N3O2S2/c1-11-7-12(2)22(21-11)16(13-5-6-25-10-13)9-20-26(23,24)17-8-14(18)3-4-15(17)19/h3-8,10,16,20H,9H2,1-2H3/t16-/m0/s1. The van der Waals surface area contributed by atoms with Crippen LogP contribution in [0.25, 0.3) is 0 Å². The molecule has 3 aromatic rings. The molecule has 0 unspecified atom stereocenters. The van der Waals surface area contributed by atoms with Crippen molar-refractivity contribution in [2.45, 2.75) is 24.8 Å². The molecule has 0 spiro atoms. The van der Waals surface area contributed by atoms with Crippen molar-refractivity contribution in [3.63, 3.8) is 0 Å². The Hall–Kier alpha value is -2.10. The van der Waals surface area contributed by atoms with Crippen LogP contribution in [0.1, 0.15) is 23.0 Å². The van der Waals surface area contributed by atoms with Crippen molar-refractivity contribution < 1.29 is 17.2 Å². The lowest BCUT2D eigenvalue weighted by molar-refractivity contribution is 0.491. The fourth-order valence-corrected chi connectivity index (χ4v) is 4.55. The Balaban J connectivity index is 1.91. The Morgan fingerprint density at radius 1 is 1.23 bits per heavy atom. The first-order valence-electron chi connectivity index (χ1n) is 7.77. The number of benzene rings is 1. The fourth-order valence-electron chi connectivity index (χ4n) is 2.72. The highest BCUT2D eigenvalue weighted by Crippen LogP contribution is 2.23. The minimum Gasteiger partial charge on any atom is -0.261 e. The number of thiophene rings is 1. The lowest BCUT2D eigenvalue weighted by atomic mass is 10.1. The van der Waals surface area contributed by atoms with E-state index in [1.54, 1.807) is 4.68 Å². The van der Waals surface area contributed by atoms with E-state index in [1.165, 1.54) is 11.3 Å². The molecule has 1 N–H and O–H groups in total. The van der Waals surface area contributed by atoms with E-state index in [2.05, 4.69) is 9.82 Å². The van der Waals surface area contributed by atoms with Gasteiger partial charge in [0.25, 0.3) is 0 Å². The maximum atomic E-state index is 13.9. The van der Waals surface area contributed by atoms with E-state index in [1.807, 2.05) is 36.7 Å². The highest BCUT2D eigenvalue weighted by Gasteiger charge is 2.24. The maximum Gasteiger partial charge on any atom is 0.243 e. The average molecular weight is 397 g/mol. The monoisotopic (exact) mass is 397 g/mol. The number of nitrogens with zero attached hydrogens (tertiary/aromatic N) is 2. The molecule has 2 aromatic heterocycles. The number of hydrogen-bond acceptors (Lipinski definition) is 4. The summed E-state index contributed by atoms with van der Waals surface area (Å²) in [6.45, 7) is 3.68. The molecule has 0 aliphatic rings. The van der Waals surface area contributed by atoms with Crippen LogP contribution in [0.3, 0.4) is 0 Å². The molecule has 1 atom stereocenters. The normalized spacial score (nSPS) is 13.1. The van der Waals surface area contributed by atoms with Crippen molar-refractivity contribution in [2.24, 2.45) is 0 Å². The molecule has 0 bridgehead atoms. The van der Waals surface area contributed by atoms with Gasteiger partial charge in [0.2, 0.25) is 10.0 Å². The molecule has 0 fully saturated rings. The number of aryl methyl sites for hydroxylation is 2. The van der Waals surface area contributed by atoms with Crippen molar-refractivity contribution in [3.05, 3.63) is 69.7 Å². The second-order valence-electron chi connectivity index (χ2n) is 5.87. The zero-order chi connectivity index (χ0) is 18.9. The molecule has 0 saturated carbocycles. The van der Waals surface area contributed by atoms with Crippen LogP contribution >= 0.6 is 11.3 Å². The van der Waals surface area contributed by atoms with Crippen LogP contribution in [0.15, 0.2) is 46.0 Å². The first-order chi connectivity index (χ1) is 12.3. The molecule has 1 aromatic carbocycles. The van der Waals surface area contributed by atoms with Gasteiger partial charge in [-0.2, -0.15) is 16.4 Å². The van der Waals surface area contributed by atoms with Gasteiger partial charge in [0, 0.05) is 12.2 Å². The minimum absolute atomic E-state index is 0.0447. The number of aromatic nitrogens is 2. The third-order valence-corrected chi connectivity index (χ3v) is 6.06. The molecule has 0 aliphatic heterocycles. The lowest BCUT2D eigenvalue weighted by Gasteiger charge is -2.19. The van der Waals surface area contributed by atoms with Crippen LogP contribution in [0, 0.1) is 25.5 Å². The van der Waals surface area contributed by atoms with Gasteiger partial charge in [-0.3, -0.25) is 4.68 Å². The molecule has 0 saturated heterocycles. The predicted molar refractivity (Wildman–Crippen MR) is 95.7 cm³/mol. The largest absolute Gasteiger partial charge is 0.261 e. The summed E-state index contributed by atoms with van der Waals surface area (Å²) in [6, 6.07) is 5.70. The van der Waals surface area contributed by atoms with Gasteiger partial charge in [0.1, 0.15) is 16.5 Å². The van der Waals surface area contributed by atoms with Crippen LogP contribution in [0.5, 0.6) is 0 Å². The van der Waals surface area contributed by atoms with Crippen molar-refractivity contribution >= 4 is 21.4 Å². The summed E-state index contributed by atoms with van der Waals surface area (Å²) in [7, 11) is -4.22. The van der Waals surface area contributed by atoms with E-state index in [0.717, 1.165) is 29.1 Å². The summed E-state index contributed by atoms with van der Waals surface area (Å²) in [5.41, 5.74) is 2.56. The number of nitrogens with one attached hydrogen (secondary N) is 1. The van der Waals surface area contributed by atoms with Crippen LogP contribution in [-0.2, 0) is 10.0 Å². The van der Waals surface area contributed by atoms with Crippen molar-refractivity contribution in [3.8, 4) is 0 Å². The summed E-state index contributed by atoms with van der Waals surface area (Å²) in [4.78, 5) is -0.713. The molecule has 138 valence electrons. The smallest absolute Gasteiger partial charge is 0.243 e. The van der Waals surface area contributed by atoms with E-state index < -0.39 is 32.6 Å². The maximum absolute atomic E-state index is 13.9. The van der Waals surface area contributed by atoms with Crippen LogP contribution in [0.4, 0.5) is 8.78 Å². The summed E-state index contributed by atoms with van der Waals surface area (Å²) in [5.74, 6) is -1.82. The lowest BCUT2D eigenvalue weighted by Crippen LogP contribution is -2.32. The Kier molecular flexibility index (Phi) is 5.22. The average Bonchev–Trinajstić information content (AvgIpc) is 3.20. The van der Waals surface area contributed by atoms with Gasteiger partial charge in [-0.15, -0.1) is 0 Å². The molecule has 2 heterocycles. The van der Waals surface area contributed by atoms with E-state index in [-0.39, 0.29) is 6.54 Å². The van der Waals surface area contributed by atoms with Crippen molar-refractivity contribution in [1.29, 1.82) is 0 Å². The summed E-state index contributed by atoms with van der Waals surface area (Å²) in [5, 5.41) is 8.21. The number of rotatable bonds is 6. The topological polar surface area (TPSA) is 64.0 Å². The fraction of sp³-hybridized carbons (Fsp3) is 0.235. The molecule has 26 heavy (non-hydrogen) atoms. The van der Waals surface area contributed by atoms with Gasteiger partial charge < -0.3 is 0 Å².